The Bertz CT molecular complexity index is 1190. The average Bonchev–Trinajstić information content (AvgIpc) is 2.76. The molecule has 0 amide bonds. The normalized spacial score (nSPS) is 12.4. The zero-order chi connectivity index (χ0) is 24.2. The molecule has 3 rings (SSSR count). The summed E-state index contributed by atoms with van der Waals surface area (Å²) in [5.74, 6) is -1.40. The number of aromatic amines is 1. The zero-order valence-electron chi connectivity index (χ0n) is 18.0. The highest BCUT2D eigenvalue weighted by molar-refractivity contribution is 5.94. The molecule has 9 heteroatoms. The third kappa shape index (κ3) is 6.06. The molecule has 0 fully saturated rings. The van der Waals surface area contributed by atoms with Crippen LogP contribution >= 0.6 is 0 Å². The topological polar surface area (TPSA) is 72.0 Å². The van der Waals surface area contributed by atoms with Gasteiger partial charge in [0, 0.05) is 18.9 Å². The highest BCUT2D eigenvalue weighted by Crippen LogP contribution is 2.34. The van der Waals surface area contributed by atoms with Crippen LogP contribution in [0.3, 0.4) is 0 Å². The van der Waals surface area contributed by atoms with Crippen LogP contribution in [0.15, 0.2) is 53.3 Å². The van der Waals surface area contributed by atoms with Crippen LogP contribution in [0.5, 0.6) is 5.75 Å². The Morgan fingerprint density at radius 1 is 1.12 bits per heavy atom. The first-order chi connectivity index (χ1) is 15.6. The van der Waals surface area contributed by atoms with Gasteiger partial charge in [0.25, 0.3) is 5.56 Å². The summed E-state index contributed by atoms with van der Waals surface area (Å²) in [5.41, 5.74) is -0.777. The van der Waals surface area contributed by atoms with Crippen molar-refractivity contribution in [3.05, 3.63) is 92.9 Å². The Morgan fingerprint density at radius 2 is 1.82 bits per heavy atom. The number of aromatic nitrogens is 2. The number of nitrogens with zero attached hydrogens (tertiary/aromatic N) is 1. The zero-order valence-corrected chi connectivity index (χ0v) is 18.0. The van der Waals surface area contributed by atoms with E-state index < -0.39 is 34.8 Å². The van der Waals surface area contributed by atoms with E-state index in [1.165, 1.54) is 6.07 Å². The molecule has 0 unspecified atom stereocenters. The van der Waals surface area contributed by atoms with E-state index in [1.54, 1.807) is 38.3 Å². The number of ketones is 1. The fourth-order valence-electron chi connectivity index (χ4n) is 3.51. The lowest BCUT2D eigenvalue weighted by atomic mass is 9.90. The monoisotopic (exact) mass is 462 g/mol. The van der Waals surface area contributed by atoms with Crippen molar-refractivity contribution in [3.63, 3.8) is 0 Å². The Hall–Kier alpha value is -3.49. The summed E-state index contributed by atoms with van der Waals surface area (Å²) in [4.78, 5) is 31.8. The van der Waals surface area contributed by atoms with Crippen LogP contribution in [0, 0.1) is 5.82 Å². The number of methoxy groups -OCH3 is 1. The highest BCUT2D eigenvalue weighted by atomic mass is 19.4. The minimum absolute atomic E-state index is 0.0481. The van der Waals surface area contributed by atoms with Crippen molar-refractivity contribution in [2.75, 3.05) is 7.11 Å². The summed E-state index contributed by atoms with van der Waals surface area (Å²) in [5, 5.41) is 0. The summed E-state index contributed by atoms with van der Waals surface area (Å²) in [6.07, 6.45) is -4.25. The van der Waals surface area contributed by atoms with Gasteiger partial charge >= 0.3 is 6.18 Å². The van der Waals surface area contributed by atoms with Gasteiger partial charge in [0.1, 0.15) is 23.1 Å². The number of Topliss-reactive ketones (excluding diaryl/α,β-unsaturated/α-hetero) is 1. The molecular formula is C24H22F4N2O3. The molecule has 0 spiro atoms. The number of rotatable bonds is 8. The van der Waals surface area contributed by atoms with E-state index in [0.717, 1.165) is 17.7 Å². The van der Waals surface area contributed by atoms with Crippen molar-refractivity contribution in [1.29, 1.82) is 0 Å². The first-order valence-electron chi connectivity index (χ1n) is 10.2. The Kier molecular flexibility index (Phi) is 7.30. The van der Waals surface area contributed by atoms with Gasteiger partial charge < -0.3 is 9.72 Å². The Balaban J connectivity index is 1.79. The standard InChI is InChI=1S/C24H22F4N2O3/c1-3-15(16-6-9-18(19(25)11-16)24(26,27)28)12-21(31)20-13-23(32)30-22(29-20)10-14-4-7-17(33-2)8-5-14/h4-9,11,13,15H,3,10,12H2,1-2H3,(H,29,30,32)/t15-/m0/s1. The fraction of sp³-hybridized carbons (Fsp3) is 0.292. The number of benzene rings is 2. The van der Waals surface area contributed by atoms with Crippen molar-refractivity contribution >= 4 is 5.78 Å². The molecule has 2 aromatic carbocycles. The Morgan fingerprint density at radius 3 is 2.39 bits per heavy atom. The maximum Gasteiger partial charge on any atom is 0.419 e. The first-order valence-corrected chi connectivity index (χ1v) is 10.2. The lowest BCUT2D eigenvalue weighted by molar-refractivity contribution is -0.140. The van der Waals surface area contributed by atoms with Crippen molar-refractivity contribution in [2.45, 2.75) is 38.3 Å². The number of hydrogen-bond donors (Lipinski definition) is 1. The van der Waals surface area contributed by atoms with Gasteiger partial charge in [-0.05, 0) is 47.7 Å². The van der Waals surface area contributed by atoms with Gasteiger partial charge in [0.15, 0.2) is 5.78 Å². The van der Waals surface area contributed by atoms with Crippen LogP contribution in [-0.4, -0.2) is 22.9 Å². The summed E-state index contributed by atoms with van der Waals surface area (Å²) < 4.78 is 57.6. The number of carbonyl (C=O) groups excluding carboxylic acids is 1. The van der Waals surface area contributed by atoms with Gasteiger partial charge in [0.2, 0.25) is 0 Å². The number of H-pyrrole nitrogens is 1. The van der Waals surface area contributed by atoms with Crippen molar-refractivity contribution < 1.29 is 27.1 Å². The second kappa shape index (κ2) is 9.97. The molecule has 1 atom stereocenters. The average molecular weight is 462 g/mol. The molecule has 1 heterocycles. The van der Waals surface area contributed by atoms with Crippen LogP contribution < -0.4 is 10.3 Å². The molecule has 0 saturated carbocycles. The highest BCUT2D eigenvalue weighted by Gasteiger charge is 2.34. The minimum Gasteiger partial charge on any atom is -0.497 e. The maximum atomic E-state index is 14.0. The summed E-state index contributed by atoms with van der Waals surface area (Å²) in [7, 11) is 1.55. The Labute approximate surface area is 187 Å². The SMILES string of the molecule is CC[C@@H](CC(=O)c1cc(=O)[nH]c(Cc2ccc(OC)cc2)n1)c1ccc(C(F)(F)F)c(F)c1. The molecule has 0 aliphatic heterocycles. The predicted molar refractivity (Wildman–Crippen MR) is 114 cm³/mol. The van der Waals surface area contributed by atoms with Crippen LogP contribution in [-0.2, 0) is 12.6 Å². The smallest absolute Gasteiger partial charge is 0.419 e. The molecule has 0 aliphatic rings. The van der Waals surface area contributed by atoms with Crippen LogP contribution in [0.1, 0.15) is 58.7 Å². The molecule has 174 valence electrons. The van der Waals surface area contributed by atoms with Gasteiger partial charge in [-0.15, -0.1) is 0 Å². The molecule has 0 saturated heterocycles. The molecular weight excluding hydrogens is 440 g/mol. The number of nitrogens with one attached hydrogen (secondary N) is 1. The second-order valence-electron chi connectivity index (χ2n) is 7.57. The van der Waals surface area contributed by atoms with Gasteiger partial charge in [-0.3, -0.25) is 9.59 Å². The molecule has 5 nitrogen and oxygen atoms in total. The van der Waals surface area contributed by atoms with Crippen LogP contribution in [0.2, 0.25) is 0 Å². The predicted octanol–water partition coefficient (Wildman–Crippen LogP) is 5.29. The second-order valence-corrected chi connectivity index (χ2v) is 7.57. The molecule has 0 radical (unpaired) electrons. The van der Waals surface area contributed by atoms with Crippen molar-refractivity contribution in [2.24, 2.45) is 0 Å². The van der Waals surface area contributed by atoms with Crippen molar-refractivity contribution in [1.82, 2.24) is 9.97 Å². The summed E-state index contributed by atoms with van der Waals surface area (Å²) >= 11 is 0. The van der Waals surface area contributed by atoms with E-state index in [-0.39, 0.29) is 24.1 Å². The summed E-state index contributed by atoms with van der Waals surface area (Å²) in [6, 6.07) is 10.9. The van der Waals surface area contributed by atoms with E-state index in [0.29, 0.717) is 24.1 Å². The first kappa shape index (κ1) is 24.2. The van der Waals surface area contributed by atoms with E-state index in [9.17, 15) is 27.2 Å². The molecule has 3 aromatic rings. The molecule has 1 N–H and O–H groups in total. The van der Waals surface area contributed by atoms with Gasteiger partial charge in [-0.25, -0.2) is 9.37 Å². The third-order valence-electron chi connectivity index (χ3n) is 5.30. The van der Waals surface area contributed by atoms with E-state index >= 15 is 0 Å². The van der Waals surface area contributed by atoms with E-state index in [1.807, 2.05) is 0 Å². The third-order valence-corrected chi connectivity index (χ3v) is 5.30. The van der Waals surface area contributed by atoms with Gasteiger partial charge in [0.05, 0.1) is 12.7 Å². The molecule has 33 heavy (non-hydrogen) atoms. The van der Waals surface area contributed by atoms with E-state index in [2.05, 4.69) is 9.97 Å². The largest absolute Gasteiger partial charge is 0.497 e. The summed E-state index contributed by atoms with van der Waals surface area (Å²) in [6.45, 7) is 1.74. The van der Waals surface area contributed by atoms with Crippen molar-refractivity contribution in [3.8, 4) is 5.75 Å². The number of ether oxygens (including phenoxy) is 1. The van der Waals surface area contributed by atoms with Crippen LogP contribution in [0.25, 0.3) is 0 Å². The minimum atomic E-state index is -4.80. The van der Waals surface area contributed by atoms with Crippen LogP contribution in [0.4, 0.5) is 17.6 Å². The lowest BCUT2D eigenvalue weighted by Gasteiger charge is -2.16. The molecule has 0 aliphatic carbocycles. The van der Waals surface area contributed by atoms with Gasteiger partial charge in [-0.1, -0.05) is 25.1 Å². The molecule has 1 aromatic heterocycles. The maximum absolute atomic E-state index is 14.0. The van der Waals surface area contributed by atoms with E-state index in [4.69, 9.17) is 4.74 Å². The quantitative estimate of drug-likeness (QED) is 0.365. The number of hydrogen-bond acceptors (Lipinski definition) is 4. The fourth-order valence-corrected chi connectivity index (χ4v) is 3.51. The number of carbonyl (C=O) groups is 1. The number of halogens is 4. The molecule has 0 bridgehead atoms. The lowest BCUT2D eigenvalue weighted by Crippen LogP contribution is -2.18. The van der Waals surface area contributed by atoms with Gasteiger partial charge in [-0.2, -0.15) is 13.2 Å². The number of alkyl halides is 3.